The van der Waals surface area contributed by atoms with Gasteiger partial charge in [0.1, 0.15) is 0 Å². The number of likely N-dealkylation sites (tertiary alicyclic amines) is 1. The van der Waals surface area contributed by atoms with Crippen molar-refractivity contribution in [2.45, 2.75) is 45.7 Å². The van der Waals surface area contributed by atoms with Crippen LogP contribution in [-0.2, 0) is 4.79 Å². The predicted molar refractivity (Wildman–Crippen MR) is 87.9 cm³/mol. The van der Waals surface area contributed by atoms with Crippen LogP contribution in [0.4, 0.5) is 5.69 Å². The number of carbonyl (C=O) groups is 2. The molecule has 5 heteroatoms. The number of amides is 2. The largest absolute Gasteiger partial charge is 0.348 e. The van der Waals surface area contributed by atoms with Gasteiger partial charge < -0.3 is 10.6 Å². The van der Waals surface area contributed by atoms with Crippen LogP contribution in [0.2, 0.25) is 0 Å². The summed E-state index contributed by atoms with van der Waals surface area (Å²) in [6.45, 7) is 7.81. The second-order valence-electron chi connectivity index (χ2n) is 6.16. The standard InChI is InChI=1S/C17H25N3O2/c1-12(2)20-9-5-8-16(11-20)19-17(22)14-6-4-7-15(10-14)18-13(3)21/h4,6-7,10,12,16H,5,8-9,11H2,1-3H3,(H,18,21)(H,19,22)/t16-/m1/s1. The molecule has 1 fully saturated rings. The minimum absolute atomic E-state index is 0.0807. The number of rotatable bonds is 4. The van der Waals surface area contributed by atoms with Crippen LogP contribution in [0.5, 0.6) is 0 Å². The summed E-state index contributed by atoms with van der Waals surface area (Å²) in [6, 6.07) is 7.72. The number of hydrogen-bond acceptors (Lipinski definition) is 3. The highest BCUT2D eigenvalue weighted by Gasteiger charge is 2.23. The van der Waals surface area contributed by atoms with E-state index in [1.165, 1.54) is 6.92 Å². The molecule has 1 aliphatic rings. The van der Waals surface area contributed by atoms with E-state index in [0.717, 1.165) is 25.9 Å². The summed E-state index contributed by atoms with van der Waals surface area (Å²) >= 11 is 0. The van der Waals surface area contributed by atoms with Gasteiger partial charge in [-0.1, -0.05) is 6.07 Å². The van der Waals surface area contributed by atoms with Gasteiger partial charge in [-0.25, -0.2) is 0 Å². The second kappa shape index (κ2) is 7.40. The molecule has 5 nitrogen and oxygen atoms in total. The summed E-state index contributed by atoms with van der Waals surface area (Å²) in [5, 5.41) is 5.81. The molecule has 0 unspecified atom stereocenters. The molecule has 1 aliphatic heterocycles. The van der Waals surface area contributed by atoms with Gasteiger partial charge in [0, 0.05) is 36.8 Å². The van der Waals surface area contributed by atoms with Gasteiger partial charge in [-0.2, -0.15) is 0 Å². The quantitative estimate of drug-likeness (QED) is 0.897. The number of hydrogen-bond donors (Lipinski definition) is 2. The van der Waals surface area contributed by atoms with Gasteiger partial charge >= 0.3 is 0 Å². The Balaban J connectivity index is 1.98. The molecule has 1 aromatic carbocycles. The number of benzene rings is 1. The third kappa shape index (κ3) is 4.56. The van der Waals surface area contributed by atoms with Crippen LogP contribution in [0.3, 0.4) is 0 Å². The molecule has 0 saturated carbocycles. The first kappa shape index (κ1) is 16.5. The third-order valence-corrected chi connectivity index (χ3v) is 3.96. The molecule has 1 heterocycles. The molecule has 2 N–H and O–H groups in total. The van der Waals surface area contributed by atoms with Crippen LogP contribution < -0.4 is 10.6 Å². The highest BCUT2D eigenvalue weighted by molar-refractivity contribution is 5.96. The van der Waals surface area contributed by atoms with Gasteiger partial charge in [-0.15, -0.1) is 0 Å². The maximum absolute atomic E-state index is 12.4. The Morgan fingerprint density at radius 3 is 2.77 bits per heavy atom. The molecule has 1 aromatic rings. The van der Waals surface area contributed by atoms with Gasteiger partial charge in [0.05, 0.1) is 0 Å². The summed E-state index contributed by atoms with van der Waals surface area (Å²) in [4.78, 5) is 25.9. The summed E-state index contributed by atoms with van der Waals surface area (Å²) < 4.78 is 0. The SMILES string of the molecule is CC(=O)Nc1cccc(C(=O)N[C@@H]2CCCN(C(C)C)C2)c1. The van der Waals surface area contributed by atoms with E-state index in [9.17, 15) is 9.59 Å². The highest BCUT2D eigenvalue weighted by atomic mass is 16.2. The molecule has 22 heavy (non-hydrogen) atoms. The molecule has 0 aliphatic carbocycles. The van der Waals surface area contributed by atoms with E-state index in [1.807, 2.05) is 0 Å². The molecule has 1 atom stereocenters. The minimum atomic E-state index is -0.141. The summed E-state index contributed by atoms with van der Waals surface area (Å²) in [5.74, 6) is -0.222. The monoisotopic (exact) mass is 303 g/mol. The molecule has 0 spiro atoms. The fraction of sp³-hybridized carbons (Fsp3) is 0.529. The lowest BCUT2D eigenvalue weighted by Crippen LogP contribution is -2.49. The van der Waals surface area contributed by atoms with E-state index < -0.39 is 0 Å². The molecule has 0 aromatic heterocycles. The Bertz CT molecular complexity index is 542. The lowest BCUT2D eigenvalue weighted by Gasteiger charge is -2.35. The Hall–Kier alpha value is -1.88. The van der Waals surface area contributed by atoms with Crippen LogP contribution >= 0.6 is 0 Å². The molecule has 120 valence electrons. The van der Waals surface area contributed by atoms with E-state index in [-0.39, 0.29) is 17.9 Å². The molecule has 0 radical (unpaired) electrons. The van der Waals surface area contributed by atoms with E-state index >= 15 is 0 Å². The smallest absolute Gasteiger partial charge is 0.251 e. The zero-order valence-electron chi connectivity index (χ0n) is 13.6. The van der Waals surface area contributed by atoms with Gasteiger partial charge in [0.25, 0.3) is 5.91 Å². The van der Waals surface area contributed by atoms with Gasteiger partial charge in [-0.05, 0) is 51.4 Å². The number of carbonyl (C=O) groups excluding carboxylic acids is 2. The van der Waals surface area contributed by atoms with Gasteiger partial charge in [0.2, 0.25) is 5.91 Å². The molecule has 2 rings (SSSR count). The lowest BCUT2D eigenvalue weighted by atomic mass is 10.0. The van der Waals surface area contributed by atoms with Crippen molar-refractivity contribution in [3.8, 4) is 0 Å². The van der Waals surface area contributed by atoms with Crippen molar-refractivity contribution >= 4 is 17.5 Å². The Morgan fingerprint density at radius 1 is 1.32 bits per heavy atom. The first-order valence-corrected chi connectivity index (χ1v) is 7.88. The zero-order chi connectivity index (χ0) is 16.1. The summed E-state index contributed by atoms with van der Waals surface area (Å²) in [6.07, 6.45) is 2.12. The van der Waals surface area contributed by atoms with Crippen molar-refractivity contribution in [1.82, 2.24) is 10.2 Å². The predicted octanol–water partition coefficient (Wildman–Crippen LogP) is 2.25. The normalized spacial score (nSPS) is 19.0. The van der Waals surface area contributed by atoms with Crippen molar-refractivity contribution in [3.63, 3.8) is 0 Å². The number of anilines is 1. The number of nitrogens with one attached hydrogen (secondary N) is 2. The number of piperidine rings is 1. The third-order valence-electron chi connectivity index (χ3n) is 3.96. The van der Waals surface area contributed by atoms with Gasteiger partial charge in [0.15, 0.2) is 0 Å². The van der Waals surface area contributed by atoms with E-state index in [0.29, 0.717) is 17.3 Å². The Kier molecular flexibility index (Phi) is 5.55. The number of nitrogens with zero attached hydrogens (tertiary/aromatic N) is 1. The van der Waals surface area contributed by atoms with E-state index in [2.05, 4.69) is 29.4 Å². The van der Waals surface area contributed by atoms with Crippen molar-refractivity contribution in [3.05, 3.63) is 29.8 Å². The minimum Gasteiger partial charge on any atom is -0.348 e. The van der Waals surface area contributed by atoms with Crippen LogP contribution in [0, 0.1) is 0 Å². The average molecular weight is 303 g/mol. The highest BCUT2D eigenvalue weighted by Crippen LogP contribution is 2.15. The van der Waals surface area contributed by atoms with Crippen molar-refractivity contribution < 1.29 is 9.59 Å². The fourth-order valence-electron chi connectivity index (χ4n) is 2.80. The van der Waals surface area contributed by atoms with Crippen LogP contribution in [0.1, 0.15) is 44.0 Å². The van der Waals surface area contributed by atoms with Crippen molar-refractivity contribution in [1.29, 1.82) is 0 Å². The zero-order valence-corrected chi connectivity index (χ0v) is 13.6. The van der Waals surface area contributed by atoms with Gasteiger partial charge in [-0.3, -0.25) is 14.5 Å². The fourth-order valence-corrected chi connectivity index (χ4v) is 2.80. The molecule has 0 bridgehead atoms. The topological polar surface area (TPSA) is 61.4 Å². The van der Waals surface area contributed by atoms with E-state index in [4.69, 9.17) is 0 Å². The first-order chi connectivity index (χ1) is 10.5. The second-order valence-corrected chi connectivity index (χ2v) is 6.16. The molecular weight excluding hydrogens is 278 g/mol. The average Bonchev–Trinajstić information content (AvgIpc) is 2.47. The maximum Gasteiger partial charge on any atom is 0.251 e. The molecule has 2 amide bonds. The van der Waals surface area contributed by atoms with Crippen LogP contribution in [0.15, 0.2) is 24.3 Å². The summed E-state index contributed by atoms with van der Waals surface area (Å²) in [5.41, 5.74) is 1.22. The molecule has 1 saturated heterocycles. The van der Waals surface area contributed by atoms with Crippen LogP contribution in [0.25, 0.3) is 0 Å². The Morgan fingerprint density at radius 2 is 2.09 bits per heavy atom. The lowest BCUT2D eigenvalue weighted by molar-refractivity contribution is -0.114. The van der Waals surface area contributed by atoms with Crippen molar-refractivity contribution in [2.24, 2.45) is 0 Å². The molecular formula is C17H25N3O2. The first-order valence-electron chi connectivity index (χ1n) is 7.88. The van der Waals surface area contributed by atoms with Crippen LogP contribution in [-0.4, -0.2) is 41.9 Å². The summed E-state index contributed by atoms with van der Waals surface area (Å²) in [7, 11) is 0. The van der Waals surface area contributed by atoms with E-state index in [1.54, 1.807) is 24.3 Å². The Labute approximate surface area is 132 Å². The van der Waals surface area contributed by atoms with Crippen molar-refractivity contribution in [2.75, 3.05) is 18.4 Å². The maximum atomic E-state index is 12.4.